The fourth-order valence-electron chi connectivity index (χ4n) is 1.23. The zero-order chi connectivity index (χ0) is 9.23. The Kier molecular flexibility index (Phi) is 8.88. The number of rotatable bonds is 8. The smallest absolute Gasteiger partial charge is 0.0396 e. The Bertz CT molecular complexity index is 86.6. The lowest BCUT2D eigenvalue weighted by atomic mass is 10.1. The van der Waals surface area contributed by atoms with Crippen LogP contribution in [0.25, 0.3) is 0 Å². The molecule has 0 aromatic rings. The van der Waals surface area contributed by atoms with Gasteiger partial charge in [-0.2, -0.15) is 0 Å². The van der Waals surface area contributed by atoms with Crippen LogP contribution in [0.2, 0.25) is 0 Å². The van der Waals surface area contributed by atoms with Crippen LogP contribution in [0.4, 0.5) is 0 Å². The van der Waals surface area contributed by atoms with Crippen molar-refractivity contribution in [3.8, 4) is 0 Å². The van der Waals surface area contributed by atoms with Crippen molar-refractivity contribution in [3.63, 3.8) is 0 Å². The number of hydrogen-bond donors (Lipinski definition) is 2. The molecular weight excluding hydrogens is 152 g/mol. The van der Waals surface area contributed by atoms with E-state index in [1.165, 1.54) is 38.5 Å². The number of hydroxylamine groups is 1. The van der Waals surface area contributed by atoms with Gasteiger partial charge in [-0.25, -0.2) is 5.84 Å². The fourth-order valence-corrected chi connectivity index (χ4v) is 1.23. The lowest BCUT2D eigenvalue weighted by molar-refractivity contribution is -0.0939. The van der Waals surface area contributed by atoms with Crippen LogP contribution in [0.1, 0.15) is 51.9 Å². The molecule has 3 nitrogen and oxygen atoms in total. The van der Waals surface area contributed by atoms with E-state index in [0.29, 0.717) is 6.54 Å². The van der Waals surface area contributed by atoms with Crippen LogP contribution in [-0.2, 0) is 0 Å². The van der Waals surface area contributed by atoms with Crippen LogP contribution in [0, 0.1) is 0 Å². The van der Waals surface area contributed by atoms with Crippen molar-refractivity contribution in [2.24, 2.45) is 5.84 Å². The monoisotopic (exact) mass is 174 g/mol. The van der Waals surface area contributed by atoms with Crippen molar-refractivity contribution in [2.45, 2.75) is 51.9 Å². The average Bonchev–Trinajstić information content (AvgIpc) is 2.02. The Morgan fingerprint density at radius 1 is 1.00 bits per heavy atom. The molecule has 0 aliphatic carbocycles. The molecule has 0 aliphatic rings. The highest BCUT2D eigenvalue weighted by molar-refractivity contribution is 4.45. The maximum Gasteiger partial charge on any atom is 0.0396 e. The highest BCUT2D eigenvalue weighted by Gasteiger charge is 1.92. The predicted octanol–water partition coefficient (Wildman–Crippen LogP) is 2.30. The van der Waals surface area contributed by atoms with Crippen LogP contribution >= 0.6 is 0 Å². The Hall–Kier alpha value is -0.120. The summed E-state index contributed by atoms with van der Waals surface area (Å²) in [5, 5.41) is 9.37. The molecule has 3 N–H and O–H groups in total. The van der Waals surface area contributed by atoms with Gasteiger partial charge in [0.2, 0.25) is 0 Å². The van der Waals surface area contributed by atoms with E-state index in [0.717, 1.165) is 11.6 Å². The summed E-state index contributed by atoms with van der Waals surface area (Å²) < 4.78 is 0. The third-order valence-electron chi connectivity index (χ3n) is 1.99. The number of hydrogen-bond acceptors (Lipinski definition) is 3. The molecule has 0 radical (unpaired) electrons. The summed E-state index contributed by atoms with van der Waals surface area (Å²) in [7, 11) is 0. The van der Waals surface area contributed by atoms with E-state index in [-0.39, 0.29) is 0 Å². The van der Waals surface area contributed by atoms with E-state index in [1.807, 2.05) is 0 Å². The third kappa shape index (κ3) is 9.88. The summed E-state index contributed by atoms with van der Waals surface area (Å²) in [6.07, 6.45) is 8.77. The minimum absolute atomic E-state index is 0.591. The Morgan fingerprint density at radius 2 is 1.50 bits per heavy atom. The van der Waals surface area contributed by atoms with Gasteiger partial charge in [-0.05, 0) is 6.42 Å². The van der Waals surface area contributed by atoms with E-state index in [4.69, 9.17) is 11.0 Å². The SMILES string of the molecule is CCCCCCCCCN(N)O. The van der Waals surface area contributed by atoms with E-state index in [1.54, 1.807) is 0 Å². The zero-order valence-corrected chi connectivity index (χ0v) is 8.13. The molecule has 0 aliphatic heterocycles. The Labute approximate surface area is 75.5 Å². The molecule has 0 atom stereocenters. The van der Waals surface area contributed by atoms with E-state index in [9.17, 15) is 0 Å². The second kappa shape index (κ2) is 8.97. The third-order valence-corrected chi connectivity index (χ3v) is 1.99. The van der Waals surface area contributed by atoms with Crippen molar-refractivity contribution in [3.05, 3.63) is 0 Å². The zero-order valence-electron chi connectivity index (χ0n) is 8.13. The number of unbranched alkanes of at least 4 members (excludes halogenated alkanes) is 6. The predicted molar refractivity (Wildman–Crippen MR) is 50.7 cm³/mol. The number of hydrazine groups is 1. The molecular formula is C9H22N2O. The molecule has 0 rings (SSSR count). The lowest BCUT2D eigenvalue weighted by Crippen LogP contribution is -2.27. The van der Waals surface area contributed by atoms with Crippen LogP contribution in [0.3, 0.4) is 0 Å². The molecule has 12 heavy (non-hydrogen) atoms. The maximum absolute atomic E-state index is 8.60. The quantitative estimate of drug-likeness (QED) is 0.337. The summed E-state index contributed by atoms with van der Waals surface area (Å²) in [5.41, 5.74) is 0. The molecule has 0 bridgehead atoms. The van der Waals surface area contributed by atoms with Gasteiger partial charge >= 0.3 is 0 Å². The summed E-state index contributed by atoms with van der Waals surface area (Å²) in [5.74, 6) is 5.04. The summed E-state index contributed by atoms with van der Waals surface area (Å²) in [4.78, 5) is 0. The molecule has 0 heterocycles. The Morgan fingerprint density at radius 3 is 2.00 bits per heavy atom. The molecule has 0 aromatic heterocycles. The minimum atomic E-state index is 0.591. The highest BCUT2D eigenvalue weighted by Crippen LogP contribution is 2.06. The van der Waals surface area contributed by atoms with Gasteiger partial charge in [-0.3, -0.25) is 5.21 Å². The molecule has 0 saturated carbocycles. The van der Waals surface area contributed by atoms with Gasteiger partial charge in [0.1, 0.15) is 0 Å². The van der Waals surface area contributed by atoms with Gasteiger partial charge < -0.3 is 0 Å². The van der Waals surface area contributed by atoms with Crippen LogP contribution in [0.15, 0.2) is 0 Å². The first-order chi connectivity index (χ1) is 5.77. The normalized spacial score (nSPS) is 11.0. The first-order valence-corrected chi connectivity index (χ1v) is 4.98. The van der Waals surface area contributed by atoms with Crippen LogP contribution < -0.4 is 5.84 Å². The van der Waals surface area contributed by atoms with E-state index < -0.39 is 0 Å². The van der Waals surface area contributed by atoms with Gasteiger partial charge in [0.05, 0.1) is 0 Å². The van der Waals surface area contributed by atoms with Crippen molar-refractivity contribution in [1.29, 1.82) is 0 Å². The molecule has 0 spiro atoms. The summed E-state index contributed by atoms with van der Waals surface area (Å²) in [6.45, 7) is 2.81. The average molecular weight is 174 g/mol. The Balaban J connectivity index is 2.82. The first-order valence-electron chi connectivity index (χ1n) is 4.98. The van der Waals surface area contributed by atoms with Gasteiger partial charge in [0.15, 0.2) is 0 Å². The van der Waals surface area contributed by atoms with Crippen LogP contribution in [-0.4, -0.2) is 16.9 Å². The van der Waals surface area contributed by atoms with Gasteiger partial charge in [0.25, 0.3) is 0 Å². The molecule has 0 saturated heterocycles. The number of nitrogens with zero attached hydrogens (tertiary/aromatic N) is 1. The standard InChI is InChI=1S/C9H22N2O/c1-2-3-4-5-6-7-8-9-11(10)12/h12H,2-10H2,1H3. The van der Waals surface area contributed by atoms with Crippen molar-refractivity contribution in [2.75, 3.05) is 6.54 Å². The molecule has 74 valence electrons. The van der Waals surface area contributed by atoms with E-state index >= 15 is 0 Å². The van der Waals surface area contributed by atoms with E-state index in [2.05, 4.69) is 6.92 Å². The van der Waals surface area contributed by atoms with Gasteiger partial charge in [-0.15, -0.1) is 5.17 Å². The van der Waals surface area contributed by atoms with Crippen molar-refractivity contribution in [1.82, 2.24) is 5.17 Å². The van der Waals surface area contributed by atoms with Gasteiger partial charge in [-0.1, -0.05) is 45.4 Å². The van der Waals surface area contributed by atoms with Crippen LogP contribution in [0.5, 0.6) is 0 Å². The topological polar surface area (TPSA) is 49.5 Å². The van der Waals surface area contributed by atoms with Gasteiger partial charge in [0, 0.05) is 6.54 Å². The minimum Gasteiger partial charge on any atom is -0.299 e. The van der Waals surface area contributed by atoms with Crippen molar-refractivity contribution >= 4 is 0 Å². The second-order valence-electron chi connectivity index (χ2n) is 3.28. The number of nitrogens with two attached hydrogens (primary N) is 1. The molecule has 0 amide bonds. The molecule has 3 heteroatoms. The summed E-state index contributed by atoms with van der Waals surface area (Å²) in [6, 6.07) is 0. The molecule has 0 aromatic carbocycles. The highest BCUT2D eigenvalue weighted by atomic mass is 16.5. The molecule has 0 unspecified atom stereocenters. The fraction of sp³-hybridized carbons (Fsp3) is 1.00. The maximum atomic E-state index is 8.60. The lowest BCUT2D eigenvalue weighted by Gasteiger charge is -2.06. The summed E-state index contributed by atoms with van der Waals surface area (Å²) >= 11 is 0. The first kappa shape index (κ1) is 11.9. The second-order valence-corrected chi connectivity index (χ2v) is 3.28. The molecule has 0 fully saturated rings. The largest absolute Gasteiger partial charge is 0.299 e. The van der Waals surface area contributed by atoms with Crippen molar-refractivity contribution < 1.29 is 5.21 Å².